The van der Waals surface area contributed by atoms with Gasteiger partial charge in [0.2, 0.25) is 5.43 Å². The normalized spacial score (nSPS) is 11.3. The minimum atomic E-state index is -0.214. The topological polar surface area (TPSA) is 66.2 Å². The number of hydrogen-bond donors (Lipinski definition) is 2. The van der Waals surface area contributed by atoms with Crippen LogP contribution in [0.15, 0.2) is 39.5 Å². The Kier molecular flexibility index (Phi) is 1.84. The molecular weight excluding hydrogens is 206 g/mol. The van der Waals surface area contributed by atoms with Crippen LogP contribution >= 0.6 is 0 Å². The van der Waals surface area contributed by atoms with Crippen molar-refractivity contribution in [3.05, 3.63) is 46.2 Å². The van der Waals surface area contributed by atoms with Gasteiger partial charge in [-0.2, -0.15) is 0 Å². The summed E-state index contributed by atoms with van der Waals surface area (Å²) in [5.41, 5.74) is 1.89. The van der Waals surface area contributed by atoms with Gasteiger partial charge in [-0.1, -0.05) is 12.1 Å². The Balaban J connectivity index is 2.56. The third kappa shape index (κ3) is 1.17. The smallest absolute Gasteiger partial charge is 0.225 e. The average molecular weight is 215 g/mol. The minimum absolute atomic E-state index is 0.190. The zero-order valence-corrected chi connectivity index (χ0v) is 8.36. The van der Waals surface area contributed by atoms with E-state index in [1.165, 1.54) is 6.07 Å². The molecule has 0 aliphatic rings. The van der Waals surface area contributed by atoms with Gasteiger partial charge in [-0.05, 0) is 12.1 Å². The van der Waals surface area contributed by atoms with Crippen LogP contribution in [0, 0.1) is 0 Å². The summed E-state index contributed by atoms with van der Waals surface area (Å²) in [5.74, 6) is 0. The molecule has 0 radical (unpaired) electrons. The highest BCUT2D eigenvalue weighted by Crippen LogP contribution is 2.24. The Morgan fingerprint density at radius 2 is 2.12 bits per heavy atom. The zero-order chi connectivity index (χ0) is 11.1. The van der Waals surface area contributed by atoms with E-state index in [0.717, 1.165) is 5.39 Å². The molecule has 1 aromatic carbocycles. The molecule has 3 aromatic rings. The van der Waals surface area contributed by atoms with E-state index in [9.17, 15) is 4.79 Å². The number of pyridine rings is 1. The van der Waals surface area contributed by atoms with E-state index in [-0.39, 0.29) is 12.0 Å². The minimum Gasteiger partial charge on any atom is -0.450 e. The number of fused-ring (bicyclic) bond motifs is 3. The summed E-state index contributed by atoms with van der Waals surface area (Å²) in [7, 11) is 0. The number of nitrogens with one attached hydrogen (secondary N) is 1. The molecule has 0 aliphatic heterocycles. The molecule has 2 heterocycles. The fraction of sp³-hybridized carbons (Fsp3) is 0.0833. The third-order valence-corrected chi connectivity index (χ3v) is 2.58. The van der Waals surface area contributed by atoms with Gasteiger partial charge in [-0.15, -0.1) is 0 Å². The molecule has 0 fully saturated rings. The van der Waals surface area contributed by atoms with E-state index < -0.39 is 0 Å². The van der Waals surface area contributed by atoms with Crippen molar-refractivity contribution in [2.75, 3.05) is 0 Å². The predicted molar refractivity (Wildman–Crippen MR) is 60.3 cm³/mol. The monoisotopic (exact) mass is 215 g/mol. The van der Waals surface area contributed by atoms with Crippen LogP contribution in [-0.2, 0) is 6.61 Å². The van der Waals surface area contributed by atoms with Crippen molar-refractivity contribution in [3.8, 4) is 0 Å². The molecule has 0 saturated carbocycles. The second-order valence-electron chi connectivity index (χ2n) is 3.62. The molecule has 80 valence electrons. The first-order valence-electron chi connectivity index (χ1n) is 4.94. The molecule has 0 atom stereocenters. The molecule has 2 N–H and O–H groups in total. The highest BCUT2D eigenvalue weighted by atomic mass is 16.3. The molecule has 0 saturated heterocycles. The lowest BCUT2D eigenvalue weighted by atomic mass is 10.2. The maximum Gasteiger partial charge on any atom is 0.225 e. The third-order valence-electron chi connectivity index (χ3n) is 2.58. The van der Waals surface area contributed by atoms with Crippen LogP contribution in [-0.4, -0.2) is 10.1 Å². The molecule has 0 aliphatic carbocycles. The summed E-state index contributed by atoms with van der Waals surface area (Å²) in [6.07, 6.45) is 0. The van der Waals surface area contributed by atoms with Crippen molar-refractivity contribution < 1.29 is 9.52 Å². The largest absolute Gasteiger partial charge is 0.450 e. The number of H-pyrrole nitrogens is 1. The SMILES string of the molecule is O=c1cc(CO)[nH]c2c1oc1ccccc12. The van der Waals surface area contributed by atoms with E-state index in [2.05, 4.69) is 4.98 Å². The van der Waals surface area contributed by atoms with Gasteiger partial charge >= 0.3 is 0 Å². The van der Waals surface area contributed by atoms with Crippen LogP contribution in [0.5, 0.6) is 0 Å². The van der Waals surface area contributed by atoms with Gasteiger partial charge in [-0.3, -0.25) is 4.79 Å². The fourth-order valence-electron chi connectivity index (χ4n) is 1.85. The summed E-state index contributed by atoms with van der Waals surface area (Å²) < 4.78 is 5.46. The molecular formula is C12H9NO3. The van der Waals surface area contributed by atoms with Crippen molar-refractivity contribution >= 4 is 22.1 Å². The zero-order valence-electron chi connectivity index (χ0n) is 8.36. The first-order valence-corrected chi connectivity index (χ1v) is 4.94. The number of aliphatic hydroxyl groups excluding tert-OH is 1. The Bertz CT molecular complexity index is 724. The molecule has 4 heteroatoms. The lowest BCUT2D eigenvalue weighted by Gasteiger charge is -1.95. The fourth-order valence-corrected chi connectivity index (χ4v) is 1.85. The summed E-state index contributed by atoms with van der Waals surface area (Å²) in [4.78, 5) is 14.7. The molecule has 3 rings (SSSR count). The van der Waals surface area contributed by atoms with Crippen molar-refractivity contribution in [2.24, 2.45) is 0 Å². The van der Waals surface area contributed by atoms with Crippen LogP contribution in [0.3, 0.4) is 0 Å². The van der Waals surface area contributed by atoms with Crippen molar-refractivity contribution in [3.63, 3.8) is 0 Å². The second kappa shape index (κ2) is 3.21. The molecule has 0 unspecified atom stereocenters. The number of para-hydroxylation sites is 1. The molecule has 4 nitrogen and oxygen atoms in total. The van der Waals surface area contributed by atoms with Gasteiger partial charge < -0.3 is 14.5 Å². The van der Waals surface area contributed by atoms with Crippen LogP contribution in [0.25, 0.3) is 22.1 Å². The number of aliphatic hydroxyl groups is 1. The van der Waals surface area contributed by atoms with Gasteiger partial charge in [0.05, 0.1) is 12.1 Å². The Labute approximate surface area is 90.1 Å². The van der Waals surface area contributed by atoms with Gasteiger partial charge in [-0.25, -0.2) is 0 Å². The van der Waals surface area contributed by atoms with Gasteiger partial charge in [0.25, 0.3) is 0 Å². The Hall–Kier alpha value is -2.07. The average Bonchev–Trinajstić information content (AvgIpc) is 2.68. The lowest BCUT2D eigenvalue weighted by Crippen LogP contribution is -2.03. The molecule has 0 spiro atoms. The highest BCUT2D eigenvalue weighted by molar-refractivity contribution is 6.02. The van der Waals surface area contributed by atoms with E-state index >= 15 is 0 Å². The molecule has 0 amide bonds. The van der Waals surface area contributed by atoms with Gasteiger partial charge in [0.15, 0.2) is 5.58 Å². The summed E-state index contributed by atoms with van der Waals surface area (Å²) >= 11 is 0. The van der Waals surface area contributed by atoms with Crippen molar-refractivity contribution in [1.82, 2.24) is 4.98 Å². The Morgan fingerprint density at radius 3 is 2.94 bits per heavy atom. The molecule has 16 heavy (non-hydrogen) atoms. The number of rotatable bonds is 1. The summed E-state index contributed by atoms with van der Waals surface area (Å²) in [6.45, 7) is -0.190. The van der Waals surface area contributed by atoms with E-state index in [4.69, 9.17) is 9.52 Å². The van der Waals surface area contributed by atoms with Gasteiger partial charge in [0.1, 0.15) is 5.58 Å². The number of benzene rings is 1. The molecule has 0 bridgehead atoms. The van der Waals surface area contributed by atoms with Gasteiger partial charge in [0, 0.05) is 17.1 Å². The van der Waals surface area contributed by atoms with E-state index in [1.54, 1.807) is 6.07 Å². The number of aromatic amines is 1. The van der Waals surface area contributed by atoms with Crippen molar-refractivity contribution in [1.29, 1.82) is 0 Å². The first kappa shape index (κ1) is 9.18. The number of hydrogen-bond acceptors (Lipinski definition) is 3. The maximum absolute atomic E-state index is 11.7. The highest BCUT2D eigenvalue weighted by Gasteiger charge is 2.10. The van der Waals surface area contributed by atoms with E-state index in [0.29, 0.717) is 22.4 Å². The van der Waals surface area contributed by atoms with Crippen LogP contribution in [0.1, 0.15) is 5.69 Å². The number of aromatic nitrogens is 1. The van der Waals surface area contributed by atoms with Crippen LogP contribution in [0.4, 0.5) is 0 Å². The van der Waals surface area contributed by atoms with Crippen molar-refractivity contribution in [2.45, 2.75) is 6.61 Å². The van der Waals surface area contributed by atoms with E-state index in [1.807, 2.05) is 18.2 Å². The standard InChI is InChI=1S/C12H9NO3/c14-6-7-5-9(15)12-11(13-7)8-3-1-2-4-10(8)16-12/h1-5,14H,6H2,(H,13,15). The number of furan rings is 1. The summed E-state index contributed by atoms with van der Waals surface area (Å²) in [6, 6.07) is 8.76. The maximum atomic E-state index is 11.7. The van der Waals surface area contributed by atoms with Crippen LogP contribution < -0.4 is 5.43 Å². The predicted octanol–water partition coefficient (Wildman–Crippen LogP) is 1.77. The lowest BCUT2D eigenvalue weighted by molar-refractivity contribution is 0.277. The molecule has 2 aromatic heterocycles. The summed E-state index contributed by atoms with van der Waals surface area (Å²) in [5, 5.41) is 9.88. The van der Waals surface area contributed by atoms with Crippen LogP contribution in [0.2, 0.25) is 0 Å². The second-order valence-corrected chi connectivity index (χ2v) is 3.62. The quantitative estimate of drug-likeness (QED) is 0.650. The Morgan fingerprint density at radius 1 is 1.31 bits per heavy atom. The first-order chi connectivity index (χ1) is 7.79.